The fourth-order valence-corrected chi connectivity index (χ4v) is 1.98. The van der Waals surface area contributed by atoms with Crippen molar-refractivity contribution in [3.63, 3.8) is 0 Å². The molecule has 1 aromatic heterocycles. The average molecular weight is 286 g/mol. The molecule has 106 valence electrons. The van der Waals surface area contributed by atoms with E-state index in [-0.39, 0.29) is 6.61 Å². The van der Waals surface area contributed by atoms with Crippen LogP contribution >= 0.6 is 0 Å². The molecule has 3 rings (SSSR count). The molecule has 0 aliphatic rings. The van der Waals surface area contributed by atoms with Crippen LogP contribution in [0.3, 0.4) is 0 Å². The topological polar surface area (TPSA) is 75.2 Å². The van der Waals surface area contributed by atoms with Gasteiger partial charge in [0.2, 0.25) is 0 Å². The summed E-state index contributed by atoms with van der Waals surface area (Å²) in [7, 11) is 0. The molecular weight excluding hydrogens is 275 g/mol. The fraction of sp³-hybridized carbons (Fsp3) is 0.0667. The third kappa shape index (κ3) is 2.69. The smallest absolute Gasteiger partial charge is 0.338 e. The predicted molar refractivity (Wildman–Crippen MR) is 73.8 cm³/mol. The molecule has 21 heavy (non-hydrogen) atoms. The van der Waals surface area contributed by atoms with Crippen molar-refractivity contribution in [2.75, 3.05) is 0 Å². The molecule has 6 heteroatoms. The molecule has 0 spiro atoms. The standard InChI is InChI=1S/C15H11FN2O3/c16-11-7-13-12(6-10(11)15(19)20)17-14(18-13)8-21-9-4-2-1-3-5-9/h1-7H,8H2,(H,17,18)(H,19,20). The Labute approximate surface area is 119 Å². The van der Waals surface area contributed by atoms with E-state index in [0.29, 0.717) is 22.6 Å². The highest BCUT2D eigenvalue weighted by atomic mass is 19.1. The van der Waals surface area contributed by atoms with Gasteiger partial charge in [-0.1, -0.05) is 18.2 Å². The minimum atomic E-state index is -1.32. The van der Waals surface area contributed by atoms with Crippen molar-refractivity contribution >= 4 is 17.0 Å². The van der Waals surface area contributed by atoms with Gasteiger partial charge >= 0.3 is 5.97 Å². The molecule has 0 fully saturated rings. The molecule has 5 nitrogen and oxygen atoms in total. The summed E-state index contributed by atoms with van der Waals surface area (Å²) in [5.74, 6) is -0.931. The van der Waals surface area contributed by atoms with Crippen LogP contribution in [0.25, 0.3) is 11.0 Å². The second-order valence-corrected chi connectivity index (χ2v) is 4.44. The van der Waals surface area contributed by atoms with E-state index in [1.807, 2.05) is 30.3 Å². The largest absolute Gasteiger partial charge is 0.486 e. The van der Waals surface area contributed by atoms with E-state index in [1.54, 1.807) is 0 Å². The van der Waals surface area contributed by atoms with E-state index in [4.69, 9.17) is 9.84 Å². The lowest BCUT2D eigenvalue weighted by atomic mass is 10.2. The normalized spacial score (nSPS) is 10.7. The Bertz CT molecular complexity index is 799. The second kappa shape index (κ2) is 5.24. The summed E-state index contributed by atoms with van der Waals surface area (Å²) >= 11 is 0. The van der Waals surface area contributed by atoms with Gasteiger partial charge in [0.05, 0.1) is 16.6 Å². The number of carboxylic acid groups (broad SMARTS) is 1. The number of nitrogens with one attached hydrogen (secondary N) is 1. The first-order chi connectivity index (χ1) is 10.1. The van der Waals surface area contributed by atoms with Crippen LogP contribution in [0.2, 0.25) is 0 Å². The molecule has 0 atom stereocenters. The van der Waals surface area contributed by atoms with Gasteiger partial charge in [0.1, 0.15) is 24.0 Å². The van der Waals surface area contributed by atoms with E-state index in [2.05, 4.69) is 9.97 Å². The van der Waals surface area contributed by atoms with Crippen LogP contribution < -0.4 is 4.74 Å². The van der Waals surface area contributed by atoms with Gasteiger partial charge in [-0.2, -0.15) is 0 Å². The summed E-state index contributed by atoms with van der Waals surface area (Å²) in [6, 6.07) is 11.5. The number of nitrogens with zero attached hydrogens (tertiary/aromatic N) is 1. The minimum Gasteiger partial charge on any atom is -0.486 e. The Kier molecular flexibility index (Phi) is 3.27. The Balaban J connectivity index is 1.86. The Hall–Kier alpha value is -2.89. The van der Waals surface area contributed by atoms with Crippen molar-refractivity contribution < 1.29 is 19.0 Å². The van der Waals surface area contributed by atoms with Gasteiger partial charge in [-0.15, -0.1) is 0 Å². The van der Waals surface area contributed by atoms with E-state index in [0.717, 1.165) is 6.07 Å². The van der Waals surface area contributed by atoms with Gasteiger partial charge in [-0.25, -0.2) is 14.2 Å². The number of imidazole rings is 1. The number of H-pyrrole nitrogens is 1. The first-order valence-corrected chi connectivity index (χ1v) is 6.23. The second-order valence-electron chi connectivity index (χ2n) is 4.44. The fourth-order valence-electron chi connectivity index (χ4n) is 1.98. The molecule has 0 aliphatic carbocycles. The van der Waals surface area contributed by atoms with E-state index < -0.39 is 17.3 Å². The number of carbonyl (C=O) groups is 1. The summed E-state index contributed by atoms with van der Waals surface area (Å²) < 4.78 is 19.1. The molecule has 0 radical (unpaired) electrons. The first kappa shape index (κ1) is 13.1. The van der Waals surface area contributed by atoms with Crippen LogP contribution in [0.1, 0.15) is 16.2 Å². The quantitative estimate of drug-likeness (QED) is 0.773. The van der Waals surface area contributed by atoms with Gasteiger partial charge in [-0.3, -0.25) is 0 Å². The Morgan fingerprint density at radius 3 is 2.76 bits per heavy atom. The maximum Gasteiger partial charge on any atom is 0.338 e. The number of hydrogen-bond acceptors (Lipinski definition) is 3. The lowest BCUT2D eigenvalue weighted by molar-refractivity contribution is 0.0692. The Morgan fingerprint density at radius 2 is 2.05 bits per heavy atom. The predicted octanol–water partition coefficient (Wildman–Crippen LogP) is 2.98. The van der Waals surface area contributed by atoms with Crippen LogP contribution in [-0.4, -0.2) is 21.0 Å². The van der Waals surface area contributed by atoms with Crippen molar-refractivity contribution in [1.29, 1.82) is 0 Å². The molecule has 0 aliphatic heterocycles. The van der Waals surface area contributed by atoms with Crippen molar-refractivity contribution in [2.24, 2.45) is 0 Å². The summed E-state index contributed by atoms with van der Waals surface area (Å²) in [5.41, 5.74) is 0.425. The van der Waals surface area contributed by atoms with E-state index in [1.165, 1.54) is 6.07 Å². The summed E-state index contributed by atoms with van der Waals surface area (Å²) in [6.45, 7) is 0.183. The van der Waals surface area contributed by atoms with Crippen molar-refractivity contribution in [2.45, 2.75) is 6.61 Å². The maximum absolute atomic E-state index is 13.6. The van der Waals surface area contributed by atoms with Gasteiger partial charge in [0.25, 0.3) is 0 Å². The molecule has 2 N–H and O–H groups in total. The van der Waals surface area contributed by atoms with Crippen molar-refractivity contribution in [3.05, 3.63) is 59.7 Å². The highest BCUT2D eigenvalue weighted by molar-refractivity contribution is 5.92. The summed E-state index contributed by atoms with van der Waals surface area (Å²) in [4.78, 5) is 18.0. The van der Waals surface area contributed by atoms with Gasteiger partial charge in [-0.05, 0) is 18.2 Å². The number of fused-ring (bicyclic) bond motifs is 1. The van der Waals surface area contributed by atoms with Gasteiger partial charge in [0, 0.05) is 6.07 Å². The zero-order valence-electron chi connectivity index (χ0n) is 10.8. The number of halogens is 1. The number of para-hydroxylation sites is 1. The molecule has 0 saturated heterocycles. The molecule has 0 bridgehead atoms. The number of carboxylic acids is 1. The molecule has 0 saturated carbocycles. The molecule has 0 amide bonds. The van der Waals surface area contributed by atoms with Gasteiger partial charge in [0.15, 0.2) is 0 Å². The van der Waals surface area contributed by atoms with Crippen LogP contribution in [0.15, 0.2) is 42.5 Å². The number of hydrogen-bond donors (Lipinski definition) is 2. The third-order valence-corrected chi connectivity index (χ3v) is 2.97. The molecule has 1 heterocycles. The average Bonchev–Trinajstić information content (AvgIpc) is 2.87. The van der Waals surface area contributed by atoms with Crippen molar-refractivity contribution in [1.82, 2.24) is 9.97 Å². The number of benzene rings is 2. The number of ether oxygens (including phenoxy) is 1. The molecular formula is C15H11FN2O3. The van der Waals surface area contributed by atoms with Crippen LogP contribution in [0, 0.1) is 5.82 Å². The monoisotopic (exact) mass is 286 g/mol. The molecule has 0 unspecified atom stereocenters. The summed E-state index contributed by atoms with van der Waals surface area (Å²) in [5, 5.41) is 8.88. The minimum absolute atomic E-state index is 0.183. The number of aromatic nitrogens is 2. The SMILES string of the molecule is O=C(O)c1cc2nc(COc3ccccc3)[nH]c2cc1F. The van der Waals surface area contributed by atoms with Crippen LogP contribution in [0.4, 0.5) is 4.39 Å². The Morgan fingerprint density at radius 1 is 1.29 bits per heavy atom. The zero-order chi connectivity index (χ0) is 14.8. The van der Waals surface area contributed by atoms with E-state index in [9.17, 15) is 9.18 Å². The number of aromatic carboxylic acids is 1. The molecule has 3 aromatic rings. The van der Waals surface area contributed by atoms with Crippen LogP contribution in [-0.2, 0) is 6.61 Å². The molecule has 2 aromatic carbocycles. The highest BCUT2D eigenvalue weighted by Gasteiger charge is 2.14. The lowest BCUT2D eigenvalue weighted by Gasteiger charge is -2.02. The lowest BCUT2D eigenvalue weighted by Crippen LogP contribution is -1.99. The van der Waals surface area contributed by atoms with E-state index >= 15 is 0 Å². The number of aromatic amines is 1. The summed E-state index contributed by atoms with van der Waals surface area (Å²) in [6.07, 6.45) is 0. The maximum atomic E-state index is 13.6. The van der Waals surface area contributed by atoms with Gasteiger partial charge < -0.3 is 14.8 Å². The van der Waals surface area contributed by atoms with Crippen molar-refractivity contribution in [3.8, 4) is 5.75 Å². The highest BCUT2D eigenvalue weighted by Crippen LogP contribution is 2.18. The van der Waals surface area contributed by atoms with Crippen LogP contribution in [0.5, 0.6) is 5.75 Å². The number of rotatable bonds is 4. The third-order valence-electron chi connectivity index (χ3n) is 2.97. The first-order valence-electron chi connectivity index (χ1n) is 6.23. The zero-order valence-corrected chi connectivity index (χ0v) is 10.8.